The molecule has 0 atom stereocenters. The molecular weight excluding hydrogens is 267 g/mol. The van der Waals surface area contributed by atoms with Gasteiger partial charge in [-0.25, -0.2) is 9.97 Å². The second-order valence-electron chi connectivity index (χ2n) is 5.02. The number of hydrogen-bond acceptors (Lipinski definition) is 3. The summed E-state index contributed by atoms with van der Waals surface area (Å²) in [6.45, 7) is 0.760. The third kappa shape index (κ3) is 2.42. The predicted octanol–water partition coefficient (Wildman–Crippen LogP) is 3.41. The lowest BCUT2D eigenvalue weighted by atomic mass is 9.96. The molecule has 106 valence electrons. The zero-order valence-corrected chi connectivity index (χ0v) is 10.8. The van der Waals surface area contributed by atoms with Gasteiger partial charge in [0.05, 0.1) is 11.4 Å². The number of halogens is 3. The van der Waals surface area contributed by atoms with Gasteiger partial charge < -0.3 is 4.90 Å². The molecule has 1 aromatic carbocycles. The molecule has 1 aromatic heterocycles. The average Bonchev–Trinajstić information content (AvgIpc) is 2.46. The number of para-hydroxylation sites is 1. The smallest absolute Gasteiger partial charge is 0.356 e. The largest absolute Gasteiger partial charge is 0.391 e. The summed E-state index contributed by atoms with van der Waals surface area (Å²) >= 11 is 0. The first-order chi connectivity index (χ1) is 9.55. The van der Waals surface area contributed by atoms with Crippen LogP contribution in [0.1, 0.15) is 12.8 Å². The highest BCUT2D eigenvalue weighted by atomic mass is 19.4. The van der Waals surface area contributed by atoms with E-state index in [4.69, 9.17) is 0 Å². The maximum Gasteiger partial charge on any atom is 0.391 e. The van der Waals surface area contributed by atoms with Gasteiger partial charge in [-0.3, -0.25) is 0 Å². The molecule has 20 heavy (non-hydrogen) atoms. The van der Waals surface area contributed by atoms with Gasteiger partial charge in [-0.05, 0) is 25.0 Å². The quantitative estimate of drug-likeness (QED) is 0.802. The molecule has 1 aliphatic rings. The van der Waals surface area contributed by atoms with Gasteiger partial charge in [-0.15, -0.1) is 0 Å². The van der Waals surface area contributed by atoms with Gasteiger partial charge in [-0.2, -0.15) is 13.2 Å². The van der Waals surface area contributed by atoms with Gasteiger partial charge in [0.15, 0.2) is 0 Å². The molecule has 1 saturated heterocycles. The lowest BCUT2D eigenvalue weighted by Gasteiger charge is -2.34. The second kappa shape index (κ2) is 4.92. The van der Waals surface area contributed by atoms with E-state index in [9.17, 15) is 13.2 Å². The molecule has 0 saturated carbocycles. The fourth-order valence-electron chi connectivity index (χ4n) is 2.66. The van der Waals surface area contributed by atoms with Crippen LogP contribution in [0, 0.1) is 5.92 Å². The number of alkyl halides is 3. The van der Waals surface area contributed by atoms with E-state index in [1.807, 2.05) is 29.2 Å². The molecule has 0 bridgehead atoms. The van der Waals surface area contributed by atoms with E-state index in [0.29, 0.717) is 13.1 Å². The standard InChI is InChI=1S/C14H14F3N3/c15-14(16,17)10-5-7-20(8-6-10)13-11-3-1-2-4-12(11)18-9-19-13/h1-4,9-10H,5-8H2. The minimum atomic E-state index is -4.08. The maximum atomic E-state index is 12.7. The van der Waals surface area contributed by atoms with E-state index in [2.05, 4.69) is 9.97 Å². The van der Waals surface area contributed by atoms with Crippen LogP contribution in [0.2, 0.25) is 0 Å². The Kier molecular flexibility index (Phi) is 3.23. The Bertz CT molecular complexity index is 599. The average molecular weight is 281 g/mol. The van der Waals surface area contributed by atoms with Crippen LogP contribution < -0.4 is 4.90 Å². The molecule has 1 aliphatic heterocycles. The molecule has 0 aliphatic carbocycles. The Morgan fingerprint density at radius 1 is 1.05 bits per heavy atom. The zero-order valence-electron chi connectivity index (χ0n) is 10.8. The molecule has 3 rings (SSSR count). The molecule has 0 N–H and O–H groups in total. The molecular formula is C14H14F3N3. The fraction of sp³-hybridized carbons (Fsp3) is 0.429. The molecule has 0 radical (unpaired) electrons. The van der Waals surface area contributed by atoms with Crippen molar-refractivity contribution in [3.05, 3.63) is 30.6 Å². The lowest BCUT2D eigenvalue weighted by molar-refractivity contribution is -0.179. The van der Waals surface area contributed by atoms with E-state index >= 15 is 0 Å². The van der Waals surface area contributed by atoms with Gasteiger partial charge in [0.25, 0.3) is 0 Å². The summed E-state index contributed by atoms with van der Waals surface area (Å²) < 4.78 is 38.0. The van der Waals surface area contributed by atoms with Gasteiger partial charge in [0, 0.05) is 18.5 Å². The van der Waals surface area contributed by atoms with Crippen LogP contribution in [-0.2, 0) is 0 Å². The minimum Gasteiger partial charge on any atom is -0.356 e. The SMILES string of the molecule is FC(F)(F)C1CCN(c2ncnc3ccccc23)CC1. The zero-order chi connectivity index (χ0) is 14.2. The summed E-state index contributed by atoms with van der Waals surface area (Å²) in [7, 11) is 0. The van der Waals surface area contributed by atoms with E-state index < -0.39 is 12.1 Å². The summed E-state index contributed by atoms with van der Waals surface area (Å²) in [5.41, 5.74) is 0.815. The molecule has 0 spiro atoms. The number of piperidine rings is 1. The van der Waals surface area contributed by atoms with Gasteiger partial charge in [0.1, 0.15) is 12.1 Å². The van der Waals surface area contributed by atoms with E-state index in [1.54, 1.807) is 0 Å². The number of fused-ring (bicyclic) bond motifs is 1. The fourth-order valence-corrected chi connectivity index (χ4v) is 2.66. The first kappa shape index (κ1) is 13.1. The highest BCUT2D eigenvalue weighted by Crippen LogP contribution is 2.36. The number of anilines is 1. The minimum absolute atomic E-state index is 0.127. The summed E-state index contributed by atoms with van der Waals surface area (Å²) in [6.07, 6.45) is -2.36. The molecule has 2 heterocycles. The van der Waals surface area contributed by atoms with Crippen LogP contribution in [-0.4, -0.2) is 29.2 Å². The predicted molar refractivity (Wildman–Crippen MR) is 70.5 cm³/mol. The maximum absolute atomic E-state index is 12.7. The Labute approximate surface area is 114 Å². The van der Waals surface area contributed by atoms with Crippen LogP contribution in [0.4, 0.5) is 19.0 Å². The normalized spacial score (nSPS) is 17.6. The van der Waals surface area contributed by atoms with Crippen molar-refractivity contribution in [2.75, 3.05) is 18.0 Å². The Hall–Kier alpha value is -1.85. The van der Waals surface area contributed by atoms with Gasteiger partial charge >= 0.3 is 6.18 Å². The van der Waals surface area contributed by atoms with Crippen LogP contribution >= 0.6 is 0 Å². The van der Waals surface area contributed by atoms with Crippen molar-refractivity contribution in [3.63, 3.8) is 0 Å². The number of hydrogen-bond donors (Lipinski definition) is 0. The van der Waals surface area contributed by atoms with Crippen LogP contribution in [0.5, 0.6) is 0 Å². The van der Waals surface area contributed by atoms with Crippen molar-refractivity contribution in [1.29, 1.82) is 0 Å². The summed E-state index contributed by atoms with van der Waals surface area (Å²) in [6, 6.07) is 7.55. The van der Waals surface area contributed by atoms with E-state index in [1.165, 1.54) is 6.33 Å². The number of nitrogens with zero attached hydrogens (tertiary/aromatic N) is 3. The molecule has 3 nitrogen and oxygen atoms in total. The van der Waals surface area contributed by atoms with Gasteiger partial charge in [0.2, 0.25) is 0 Å². The first-order valence-corrected chi connectivity index (χ1v) is 6.57. The summed E-state index contributed by atoms with van der Waals surface area (Å²) in [5.74, 6) is -0.455. The topological polar surface area (TPSA) is 29.0 Å². The molecule has 6 heteroatoms. The number of benzene rings is 1. The van der Waals surface area contributed by atoms with Crippen molar-refractivity contribution in [3.8, 4) is 0 Å². The Balaban J connectivity index is 1.84. The van der Waals surface area contributed by atoms with E-state index in [0.717, 1.165) is 16.7 Å². The Morgan fingerprint density at radius 2 is 1.75 bits per heavy atom. The van der Waals surface area contributed by atoms with Crippen LogP contribution in [0.3, 0.4) is 0 Å². The Morgan fingerprint density at radius 3 is 2.45 bits per heavy atom. The molecule has 0 unspecified atom stereocenters. The van der Waals surface area contributed by atoms with E-state index in [-0.39, 0.29) is 12.8 Å². The number of aromatic nitrogens is 2. The van der Waals surface area contributed by atoms with Crippen LogP contribution in [0.25, 0.3) is 10.9 Å². The third-order valence-corrected chi connectivity index (χ3v) is 3.78. The van der Waals surface area contributed by atoms with Gasteiger partial charge in [-0.1, -0.05) is 12.1 Å². The summed E-state index contributed by atoms with van der Waals surface area (Å²) in [5, 5.41) is 0.889. The molecule has 2 aromatic rings. The highest BCUT2D eigenvalue weighted by molar-refractivity contribution is 5.89. The van der Waals surface area contributed by atoms with Crippen molar-refractivity contribution >= 4 is 16.7 Å². The lowest BCUT2D eigenvalue weighted by Crippen LogP contribution is -2.39. The molecule has 0 amide bonds. The van der Waals surface area contributed by atoms with Crippen LogP contribution in [0.15, 0.2) is 30.6 Å². The highest BCUT2D eigenvalue weighted by Gasteiger charge is 2.41. The van der Waals surface area contributed by atoms with Crippen molar-refractivity contribution in [2.45, 2.75) is 19.0 Å². The van der Waals surface area contributed by atoms with Crippen molar-refractivity contribution in [2.24, 2.45) is 5.92 Å². The van der Waals surface area contributed by atoms with Crippen molar-refractivity contribution in [1.82, 2.24) is 9.97 Å². The third-order valence-electron chi connectivity index (χ3n) is 3.78. The number of rotatable bonds is 1. The first-order valence-electron chi connectivity index (χ1n) is 6.57. The monoisotopic (exact) mass is 281 g/mol. The molecule has 1 fully saturated rings. The van der Waals surface area contributed by atoms with Crippen molar-refractivity contribution < 1.29 is 13.2 Å². The summed E-state index contributed by atoms with van der Waals surface area (Å²) in [4.78, 5) is 10.3. The second-order valence-corrected chi connectivity index (χ2v) is 5.02.